The molecule has 4 rings (SSSR count). The van der Waals surface area contributed by atoms with Crippen molar-refractivity contribution in [3.8, 4) is 11.4 Å². The predicted molar refractivity (Wildman–Crippen MR) is 111 cm³/mol. The van der Waals surface area contributed by atoms with Crippen molar-refractivity contribution in [1.82, 2.24) is 19.7 Å². The first-order chi connectivity index (χ1) is 15.6. The molecule has 11 heteroatoms. The molecule has 1 amide bonds. The number of nitrogens with zero attached hydrogens (tertiary/aromatic N) is 4. The Morgan fingerprint density at radius 2 is 1.94 bits per heavy atom. The second-order valence-corrected chi connectivity index (χ2v) is 7.83. The first-order valence-electron chi connectivity index (χ1n) is 10.1. The van der Waals surface area contributed by atoms with Gasteiger partial charge in [-0.15, -0.1) is 13.2 Å². The molecule has 0 bridgehead atoms. The molecular weight excluding hydrogens is 444 g/mol. The predicted octanol–water partition coefficient (Wildman–Crippen LogP) is 3.82. The number of aliphatic hydroxyl groups excluding tert-OH is 1. The van der Waals surface area contributed by atoms with Gasteiger partial charge in [0.25, 0.3) is 5.91 Å². The van der Waals surface area contributed by atoms with Crippen LogP contribution in [0.2, 0.25) is 0 Å². The van der Waals surface area contributed by atoms with Crippen molar-refractivity contribution >= 4 is 16.9 Å². The maximum absolute atomic E-state index is 13.2. The van der Waals surface area contributed by atoms with E-state index < -0.39 is 18.1 Å². The quantitative estimate of drug-likeness (QED) is 0.443. The Kier molecular flexibility index (Phi) is 5.83. The van der Waals surface area contributed by atoms with E-state index >= 15 is 0 Å². The fourth-order valence-electron chi connectivity index (χ4n) is 3.85. The van der Waals surface area contributed by atoms with E-state index in [1.807, 2.05) is 6.92 Å². The highest BCUT2D eigenvalue weighted by molar-refractivity contribution is 5.92. The molecule has 1 aromatic carbocycles. The van der Waals surface area contributed by atoms with E-state index in [9.17, 15) is 27.5 Å². The number of alkyl halides is 3. The molecule has 0 radical (unpaired) electrons. The van der Waals surface area contributed by atoms with Crippen molar-refractivity contribution in [2.24, 2.45) is 0 Å². The molecule has 0 unspecified atom stereocenters. The van der Waals surface area contributed by atoms with Crippen LogP contribution in [0.5, 0.6) is 5.75 Å². The smallest absolute Gasteiger partial charge is 0.406 e. The van der Waals surface area contributed by atoms with Crippen LogP contribution in [0.4, 0.5) is 17.6 Å². The van der Waals surface area contributed by atoms with E-state index in [4.69, 9.17) is 0 Å². The largest absolute Gasteiger partial charge is 0.573 e. The van der Waals surface area contributed by atoms with E-state index in [-0.39, 0.29) is 37.3 Å². The number of benzene rings is 1. The van der Waals surface area contributed by atoms with Crippen LogP contribution >= 0.6 is 0 Å². The topological polar surface area (TPSA) is 80.5 Å². The van der Waals surface area contributed by atoms with Gasteiger partial charge in [0.1, 0.15) is 5.75 Å². The molecule has 174 valence electrons. The van der Waals surface area contributed by atoms with Crippen LogP contribution in [0, 0.1) is 0 Å². The molecule has 1 aliphatic heterocycles. The third-order valence-corrected chi connectivity index (χ3v) is 5.53. The number of hydrogen-bond acceptors (Lipinski definition) is 5. The molecular formula is C22H20F4N4O3. The molecule has 2 aromatic heterocycles. The summed E-state index contributed by atoms with van der Waals surface area (Å²) in [5, 5.41) is 15.1. The fourth-order valence-corrected chi connectivity index (χ4v) is 3.85. The third-order valence-electron chi connectivity index (χ3n) is 5.53. The molecule has 33 heavy (non-hydrogen) atoms. The Morgan fingerprint density at radius 3 is 2.52 bits per heavy atom. The Morgan fingerprint density at radius 1 is 1.27 bits per heavy atom. The summed E-state index contributed by atoms with van der Waals surface area (Å²) < 4.78 is 56.0. The van der Waals surface area contributed by atoms with Crippen molar-refractivity contribution in [3.63, 3.8) is 0 Å². The van der Waals surface area contributed by atoms with Gasteiger partial charge in [-0.05, 0) is 35.9 Å². The summed E-state index contributed by atoms with van der Waals surface area (Å²) >= 11 is 0. The lowest BCUT2D eigenvalue weighted by Gasteiger charge is -2.38. The second-order valence-electron chi connectivity index (χ2n) is 7.83. The van der Waals surface area contributed by atoms with E-state index in [2.05, 4.69) is 21.4 Å². The van der Waals surface area contributed by atoms with Gasteiger partial charge in [-0.2, -0.15) is 5.10 Å². The van der Waals surface area contributed by atoms with Gasteiger partial charge in [0, 0.05) is 43.1 Å². The van der Waals surface area contributed by atoms with Gasteiger partial charge in [-0.1, -0.05) is 13.5 Å². The maximum Gasteiger partial charge on any atom is 0.573 e. The van der Waals surface area contributed by atoms with Gasteiger partial charge < -0.3 is 14.7 Å². The third kappa shape index (κ3) is 4.40. The highest BCUT2D eigenvalue weighted by Crippen LogP contribution is 2.37. The Hall–Kier alpha value is -3.47. The number of amides is 1. The zero-order chi connectivity index (χ0) is 23.9. The van der Waals surface area contributed by atoms with Crippen LogP contribution < -0.4 is 4.74 Å². The van der Waals surface area contributed by atoms with Crippen LogP contribution in [0.3, 0.4) is 0 Å². The van der Waals surface area contributed by atoms with Crippen LogP contribution in [-0.2, 0) is 4.79 Å². The molecule has 7 nitrogen and oxygen atoms in total. The van der Waals surface area contributed by atoms with E-state index in [0.717, 1.165) is 5.56 Å². The lowest BCUT2D eigenvalue weighted by molar-refractivity contribution is -0.274. The number of halogens is 4. The van der Waals surface area contributed by atoms with E-state index in [0.29, 0.717) is 22.4 Å². The Balaban J connectivity index is 1.76. The number of likely N-dealkylation sites (tertiary alicyclic amines) is 1. The molecule has 0 saturated carbocycles. The van der Waals surface area contributed by atoms with Crippen LogP contribution in [0.1, 0.15) is 30.0 Å². The molecule has 3 aromatic rings. The van der Waals surface area contributed by atoms with Crippen molar-refractivity contribution < 1.29 is 32.2 Å². The number of pyridine rings is 1. The monoisotopic (exact) mass is 464 g/mol. The molecule has 1 fully saturated rings. The average Bonchev–Trinajstić information content (AvgIpc) is 3.11. The van der Waals surface area contributed by atoms with Gasteiger partial charge >= 0.3 is 6.36 Å². The van der Waals surface area contributed by atoms with Gasteiger partial charge in [-0.3, -0.25) is 4.79 Å². The summed E-state index contributed by atoms with van der Waals surface area (Å²) in [5.74, 6) is -2.64. The Bertz CT molecular complexity index is 1200. The van der Waals surface area contributed by atoms with Crippen molar-refractivity contribution in [2.75, 3.05) is 19.7 Å². The van der Waals surface area contributed by atoms with Crippen molar-refractivity contribution in [1.29, 1.82) is 0 Å². The zero-order valence-corrected chi connectivity index (χ0v) is 17.5. The number of carbonyl (C=O) groups is 1. The minimum Gasteiger partial charge on any atom is -0.406 e. The highest BCUT2D eigenvalue weighted by atomic mass is 19.4. The lowest BCUT2D eigenvalue weighted by Crippen LogP contribution is -2.48. The van der Waals surface area contributed by atoms with Gasteiger partial charge in [0.15, 0.2) is 11.5 Å². The average molecular weight is 464 g/mol. The number of aliphatic hydroxyl groups is 1. The first kappa shape index (κ1) is 22.7. The molecule has 1 atom stereocenters. The number of carbonyl (C=O) groups excluding carboxylic acids is 1. The Labute approximate surface area is 185 Å². The first-order valence-corrected chi connectivity index (χ1v) is 10.1. The molecule has 3 heterocycles. The lowest BCUT2D eigenvalue weighted by atomic mass is 9.90. The normalized spacial score (nSPS) is 15.4. The second kappa shape index (κ2) is 8.47. The number of fused-ring (bicyclic) bond motifs is 1. The van der Waals surface area contributed by atoms with Gasteiger partial charge in [-0.25, -0.2) is 14.1 Å². The number of rotatable bonds is 6. The number of ether oxygens (including phenoxy) is 1. The van der Waals surface area contributed by atoms with E-state index in [1.165, 1.54) is 33.8 Å². The standard InChI is InChI=1S/C22H20F4N4O3/c1-12(11-31)17-7-8-27-20-18(17)19(14-9-29(10-14)21(32)13(2)23)28-30(20)15-3-5-16(6-4-15)33-22(24,25)26/h3-8,12,14,31H,2,9-11H2,1H3/t12-/m0/s1. The van der Waals surface area contributed by atoms with Crippen LogP contribution in [0.15, 0.2) is 48.9 Å². The maximum atomic E-state index is 13.2. The van der Waals surface area contributed by atoms with Crippen molar-refractivity contribution in [3.05, 3.63) is 60.2 Å². The van der Waals surface area contributed by atoms with Crippen LogP contribution in [-0.4, -0.2) is 56.7 Å². The van der Waals surface area contributed by atoms with Gasteiger partial charge in [0.05, 0.1) is 11.4 Å². The van der Waals surface area contributed by atoms with Gasteiger partial charge in [0.2, 0.25) is 0 Å². The summed E-state index contributed by atoms with van der Waals surface area (Å²) in [6, 6.07) is 6.96. The molecule has 0 aliphatic carbocycles. The highest BCUT2D eigenvalue weighted by Gasteiger charge is 2.37. The number of hydrogen-bond donors (Lipinski definition) is 1. The number of aromatic nitrogens is 3. The molecule has 1 saturated heterocycles. The van der Waals surface area contributed by atoms with Crippen LogP contribution in [0.25, 0.3) is 16.7 Å². The summed E-state index contributed by atoms with van der Waals surface area (Å²) in [5.41, 5.74) is 2.30. The molecule has 1 N–H and O–H groups in total. The molecule has 0 spiro atoms. The minimum absolute atomic E-state index is 0.121. The zero-order valence-electron chi connectivity index (χ0n) is 17.5. The summed E-state index contributed by atoms with van der Waals surface area (Å²) in [7, 11) is 0. The fraction of sp³-hybridized carbons (Fsp3) is 0.318. The van der Waals surface area contributed by atoms with E-state index in [1.54, 1.807) is 12.3 Å². The summed E-state index contributed by atoms with van der Waals surface area (Å²) in [6.45, 7) is 5.21. The summed E-state index contributed by atoms with van der Waals surface area (Å²) in [4.78, 5) is 17.6. The molecule has 1 aliphatic rings. The van der Waals surface area contributed by atoms with Crippen molar-refractivity contribution in [2.45, 2.75) is 25.1 Å². The SMILES string of the molecule is C=C(F)C(=O)N1CC(c2nn(-c3ccc(OC(F)(F)F)cc3)c3nccc([C@@H](C)CO)c23)C1. The summed E-state index contributed by atoms with van der Waals surface area (Å²) in [6.07, 6.45) is -3.24. The minimum atomic E-state index is -4.80.